The molecule has 0 spiro atoms. The van der Waals surface area contributed by atoms with Gasteiger partial charge in [-0.2, -0.15) is 0 Å². The molecule has 1 heterocycles. The van der Waals surface area contributed by atoms with Gasteiger partial charge in [0.05, 0.1) is 0 Å². The standard InChI is InChI=1S/C51H57N2O5S.C36H34NO5S.CH3O2S.5Li.HPS.U/c1-9-37-15-29-46(34-48(37)51(54,40-16-24-42(25-17-40)52(10-2)11-3)41-18-26-43(27-19-41)53(12-4)13-5)57-44-30-20-38(21-31-44)50(7,8)39-22-32-45(33-23-39)58-47-28-14-36(6)49(35-47)59(55)56;1-5-25-9-15-31(21-33(25)35(38)26-7-6-20-37-23-26)41-29-16-10-27(11-17-29)36(3,4)28-12-18-30(19-13-28)42-32-14-8-24(2)34(22-32)43(39)40;1-4(2)3;;;;;;1-2;/h14-35H,9-13H2,1-8H3,(H,55,56);6-23,35H,5H2,1-4H3,(H,39,40);1H2,(H,2,3);;;;;;1H;/q3*-1;5*+1;;/p-3. The first-order valence-electron chi connectivity index (χ1n) is 35.6. The predicted molar refractivity (Wildman–Crippen MR) is 435 cm³/mol. The van der Waals surface area contributed by atoms with Gasteiger partial charge in [0.2, 0.25) is 0 Å². The van der Waals surface area contributed by atoms with Crippen LogP contribution in [-0.2, 0) is 74.3 Å². The van der Waals surface area contributed by atoms with Gasteiger partial charge in [0, 0.05) is 102 Å². The van der Waals surface area contributed by atoms with E-state index in [9.17, 15) is 22.6 Å². The molecule has 0 fully saturated rings. The topological polar surface area (TPSA) is 223 Å². The fourth-order valence-electron chi connectivity index (χ4n) is 12.9. The number of hydrogen-bond acceptors (Lipinski definition) is 16. The first-order chi connectivity index (χ1) is 51.7. The molecule has 4 atom stereocenters. The molecule has 0 bridgehead atoms. The summed E-state index contributed by atoms with van der Waals surface area (Å²) in [6.45, 7) is 28.4. The van der Waals surface area contributed by atoms with E-state index in [1.807, 2.05) is 153 Å². The van der Waals surface area contributed by atoms with Crippen molar-refractivity contribution in [3.05, 3.63) is 321 Å². The molecule has 114 heavy (non-hydrogen) atoms. The van der Waals surface area contributed by atoms with Gasteiger partial charge in [-0.3, -0.25) is 19.7 Å². The molecule has 0 saturated heterocycles. The van der Waals surface area contributed by atoms with Crippen molar-refractivity contribution in [2.24, 2.45) is 0 Å². The fraction of sp³-hybridized carbons (Fsp3) is 0.250. The Bertz CT molecular complexity index is 4770. The molecule has 10 aromatic carbocycles. The summed E-state index contributed by atoms with van der Waals surface area (Å²) in [7, 11) is 2.56. The van der Waals surface area contributed by atoms with Crippen molar-refractivity contribution in [2.45, 2.75) is 128 Å². The molecule has 0 amide bonds. The molecular weight excluding hydrogens is 1720 g/mol. The maximum atomic E-state index is 15.9. The van der Waals surface area contributed by atoms with Gasteiger partial charge in [-0.15, -0.1) is 0 Å². The smallest absolute Gasteiger partial charge is 0.845 e. The Morgan fingerprint density at radius 3 is 1.03 bits per heavy atom. The first-order valence-corrected chi connectivity index (χ1v) is 40.6. The summed E-state index contributed by atoms with van der Waals surface area (Å²) in [5, 5.41) is 29.1. The third-order valence-corrected chi connectivity index (χ3v) is 20.9. The van der Waals surface area contributed by atoms with Gasteiger partial charge in [-0.05, 0) is 284 Å². The molecule has 0 N–H and O–H groups in total. The fourth-order valence-corrected chi connectivity index (χ4v) is 14.0. The van der Waals surface area contributed by atoms with Crippen LogP contribution in [0.4, 0.5) is 11.4 Å². The van der Waals surface area contributed by atoms with Gasteiger partial charge in [-0.25, -0.2) is 11.1 Å². The molecule has 26 heteroatoms. The molecule has 0 aliphatic rings. The summed E-state index contributed by atoms with van der Waals surface area (Å²) in [5.41, 5.74) is 10.9. The molecule has 11 aromatic rings. The molecule has 11 rings (SSSR count). The number of pyridine rings is 1. The minimum absolute atomic E-state index is 0. The van der Waals surface area contributed by atoms with Gasteiger partial charge in [0.25, 0.3) is 0 Å². The Hall–Kier alpha value is -5.04. The van der Waals surface area contributed by atoms with Crippen LogP contribution in [0, 0.1) is 51.2 Å². The van der Waals surface area contributed by atoms with Crippen molar-refractivity contribution in [3.8, 4) is 46.0 Å². The van der Waals surface area contributed by atoms with E-state index < -0.39 is 44.9 Å². The van der Waals surface area contributed by atoms with Crippen LogP contribution in [0.5, 0.6) is 46.0 Å². The summed E-state index contributed by atoms with van der Waals surface area (Å²) in [4.78, 5) is 9.11. The molecular formula is C88H92Li5N3O12PS4U-. The summed E-state index contributed by atoms with van der Waals surface area (Å²) in [6, 6.07) is 73.2. The molecule has 4 unspecified atom stereocenters. The Balaban J connectivity index is 0.000000714. The average Bonchev–Trinajstić information content (AvgIpc) is 0.747. The minimum atomic E-state index is -2.34. The largest absolute Gasteiger partial charge is 1.00 e. The summed E-state index contributed by atoms with van der Waals surface area (Å²) < 4.78 is 88.5. The summed E-state index contributed by atoms with van der Waals surface area (Å²) in [6.07, 6.45) is 6.25. The van der Waals surface area contributed by atoms with E-state index >= 15 is 5.11 Å². The second-order valence-corrected chi connectivity index (χ2v) is 29.0. The Labute approximate surface area is 773 Å². The molecule has 0 aliphatic carbocycles. The zero-order chi connectivity index (χ0) is 78.5. The monoisotopic (exact) mass is 1810 g/mol. The maximum absolute atomic E-state index is 15.9. The van der Waals surface area contributed by atoms with Crippen LogP contribution >= 0.6 is 8.02 Å². The van der Waals surface area contributed by atoms with Crippen LogP contribution in [-0.4, -0.2) is 57.4 Å². The maximum Gasteiger partial charge on any atom is 1.00 e. The SMILES string of the molecule is CCc1ccc(Oc2ccc(C(C)(C)c3ccc(Oc4ccc(C)c(S(=O)[O-])c4)cc3)cc2)cc1C([O-])(c1ccc(N(CC)CC)cc1)c1ccc(N(CC)CC)cc1.CCc1ccc(Oc2ccc(C(C)(C)c3ccc(Oc4ccc(C)c(S(=O)[O-])c4)cc3)cc2)cc1C([O-])c1cccnc1.P=S.[CH2-]S(=O)[O-].[Li+].[Li+].[Li+].[Li+].[Li+].[U]. The van der Waals surface area contributed by atoms with E-state index in [2.05, 4.69) is 140 Å². The van der Waals surface area contributed by atoms with Crippen molar-refractivity contribution >= 4 is 64.4 Å². The van der Waals surface area contributed by atoms with Crippen LogP contribution in [0.25, 0.3) is 0 Å². The van der Waals surface area contributed by atoms with Crippen LogP contribution < -0.4 is 133 Å². The quantitative estimate of drug-likeness (QED) is 0.0234. The Morgan fingerprint density at radius 2 is 0.728 bits per heavy atom. The third kappa shape index (κ3) is 27.5. The van der Waals surface area contributed by atoms with E-state index in [4.69, 9.17) is 27.7 Å². The number of anilines is 2. The summed E-state index contributed by atoms with van der Waals surface area (Å²) in [5.74, 6) is 4.72. The molecule has 1 aromatic heterocycles. The van der Waals surface area contributed by atoms with E-state index in [1.54, 1.807) is 62.6 Å². The number of aromatic nitrogens is 1. The zero-order valence-electron chi connectivity index (χ0n) is 68.5. The first kappa shape index (κ1) is 105. The zero-order valence-corrected chi connectivity index (χ0v) is 76.9. The van der Waals surface area contributed by atoms with Crippen LogP contribution in [0.1, 0.15) is 148 Å². The van der Waals surface area contributed by atoms with Crippen LogP contribution in [0.15, 0.2) is 253 Å². The van der Waals surface area contributed by atoms with Crippen molar-refractivity contribution in [1.82, 2.24) is 4.98 Å². The summed E-state index contributed by atoms with van der Waals surface area (Å²) >= 11 is -2.89. The Morgan fingerprint density at radius 1 is 0.439 bits per heavy atom. The predicted octanol–water partition coefficient (Wildman–Crippen LogP) is 3.87. The van der Waals surface area contributed by atoms with Gasteiger partial charge in [0.1, 0.15) is 46.0 Å². The van der Waals surface area contributed by atoms with Gasteiger partial charge >= 0.3 is 94.3 Å². The number of ether oxygens (including phenoxy) is 4. The number of hydrogen-bond donors (Lipinski definition) is 0. The average molecular weight is 1820 g/mol. The molecule has 0 radical (unpaired) electrons. The van der Waals surface area contributed by atoms with E-state index in [0.717, 1.165) is 77.4 Å². The third-order valence-electron chi connectivity index (χ3n) is 19.3. The molecule has 0 aliphatic heterocycles. The Kier molecular flexibility index (Phi) is 46.2. The van der Waals surface area contributed by atoms with Crippen molar-refractivity contribution in [3.63, 3.8) is 0 Å². The van der Waals surface area contributed by atoms with Gasteiger partial charge in [-0.1, -0.05) is 168 Å². The number of aryl methyl sites for hydroxylation is 4. The van der Waals surface area contributed by atoms with E-state index in [-0.39, 0.29) is 146 Å². The number of benzene rings is 10. The van der Waals surface area contributed by atoms with Gasteiger partial charge in [0.15, 0.2) is 0 Å². The van der Waals surface area contributed by atoms with Crippen LogP contribution in [0.2, 0.25) is 0 Å². The van der Waals surface area contributed by atoms with Crippen LogP contribution in [0.3, 0.4) is 0 Å². The second kappa shape index (κ2) is 50.1. The van der Waals surface area contributed by atoms with Crippen molar-refractivity contribution in [2.75, 3.05) is 36.0 Å². The normalized spacial score (nSPS) is 11.8. The van der Waals surface area contributed by atoms with Crippen molar-refractivity contribution < 1.29 is 181 Å². The second-order valence-electron chi connectivity index (χ2n) is 26.6. The van der Waals surface area contributed by atoms with Gasteiger partial charge < -0.3 is 56.8 Å². The number of rotatable bonds is 27. The minimum Gasteiger partial charge on any atom is -0.845 e. The molecule has 570 valence electrons. The van der Waals surface area contributed by atoms with E-state index in [0.29, 0.717) is 91.4 Å². The molecule has 0 saturated carbocycles. The number of nitrogens with zero attached hydrogens (tertiary/aromatic N) is 3. The van der Waals surface area contributed by atoms with Crippen molar-refractivity contribution in [1.29, 1.82) is 0 Å². The van der Waals surface area contributed by atoms with E-state index in [1.165, 1.54) is 12.1 Å². The molecule has 15 nitrogen and oxygen atoms in total.